The molecule has 0 unspecified atom stereocenters. The summed E-state index contributed by atoms with van der Waals surface area (Å²) < 4.78 is 0. The number of nitrogens with one attached hydrogen (secondary N) is 1. The first-order valence-electron chi connectivity index (χ1n) is 7.26. The van der Waals surface area contributed by atoms with Crippen LogP contribution >= 0.6 is 11.6 Å². The second-order valence-corrected chi connectivity index (χ2v) is 6.56. The zero-order valence-electron chi connectivity index (χ0n) is 12.2. The molecule has 0 amide bonds. The summed E-state index contributed by atoms with van der Waals surface area (Å²) in [5.41, 5.74) is 2.61. The Balaban J connectivity index is 2.03. The van der Waals surface area contributed by atoms with Gasteiger partial charge in [0.15, 0.2) is 0 Å². The fourth-order valence-corrected chi connectivity index (χ4v) is 2.49. The molecule has 1 aliphatic carbocycles. The van der Waals surface area contributed by atoms with Crippen molar-refractivity contribution >= 4 is 17.3 Å². The molecule has 2 rings (SSSR count). The molecule has 1 aromatic rings. The van der Waals surface area contributed by atoms with E-state index in [9.17, 15) is 0 Å². The number of rotatable bonds is 7. The predicted octanol–water partition coefficient (Wildman–Crippen LogP) is 3.93. The highest BCUT2D eigenvalue weighted by molar-refractivity contribution is 6.30. The van der Waals surface area contributed by atoms with E-state index in [0.29, 0.717) is 5.92 Å². The Morgan fingerprint density at radius 2 is 2.11 bits per heavy atom. The molecule has 106 valence electrons. The van der Waals surface area contributed by atoms with Crippen molar-refractivity contribution in [1.82, 2.24) is 5.32 Å². The van der Waals surface area contributed by atoms with E-state index < -0.39 is 0 Å². The molecule has 0 aliphatic heterocycles. The molecule has 0 spiro atoms. The maximum Gasteiger partial charge on any atom is 0.0426 e. The number of anilines is 1. The van der Waals surface area contributed by atoms with E-state index in [-0.39, 0.29) is 0 Å². The summed E-state index contributed by atoms with van der Waals surface area (Å²) in [6, 6.07) is 6.23. The minimum absolute atomic E-state index is 0.681. The van der Waals surface area contributed by atoms with Crippen LogP contribution in [0.3, 0.4) is 0 Å². The van der Waals surface area contributed by atoms with E-state index in [1.54, 1.807) is 0 Å². The van der Waals surface area contributed by atoms with Gasteiger partial charge in [-0.25, -0.2) is 0 Å². The molecule has 0 heterocycles. The highest BCUT2D eigenvalue weighted by atomic mass is 35.5. The molecule has 1 aromatic carbocycles. The first kappa shape index (κ1) is 14.7. The van der Waals surface area contributed by atoms with Crippen LogP contribution in [0.5, 0.6) is 0 Å². The largest absolute Gasteiger partial charge is 0.374 e. The number of hydrogen-bond acceptors (Lipinski definition) is 2. The van der Waals surface area contributed by atoms with Gasteiger partial charge in [-0.05, 0) is 48.9 Å². The predicted molar refractivity (Wildman–Crippen MR) is 84.0 cm³/mol. The highest BCUT2D eigenvalue weighted by Crippen LogP contribution is 2.32. The molecule has 0 radical (unpaired) electrons. The van der Waals surface area contributed by atoms with Crippen molar-refractivity contribution in [3.8, 4) is 0 Å². The van der Waals surface area contributed by atoms with Gasteiger partial charge in [0.25, 0.3) is 0 Å². The molecule has 1 aliphatic rings. The lowest BCUT2D eigenvalue weighted by Crippen LogP contribution is -2.24. The lowest BCUT2D eigenvalue weighted by Gasteiger charge is -2.23. The van der Waals surface area contributed by atoms with Crippen LogP contribution in [0, 0.1) is 11.8 Å². The molecule has 1 N–H and O–H groups in total. The summed E-state index contributed by atoms with van der Waals surface area (Å²) in [4.78, 5) is 2.36. The molecule has 0 saturated heterocycles. The molecule has 0 atom stereocenters. The van der Waals surface area contributed by atoms with E-state index >= 15 is 0 Å². The lowest BCUT2D eigenvalue weighted by atomic mass is 10.1. The van der Waals surface area contributed by atoms with Crippen LogP contribution in [0.25, 0.3) is 0 Å². The van der Waals surface area contributed by atoms with Gasteiger partial charge in [-0.2, -0.15) is 0 Å². The van der Waals surface area contributed by atoms with E-state index in [0.717, 1.165) is 30.6 Å². The summed E-state index contributed by atoms with van der Waals surface area (Å²) in [6.45, 7) is 7.58. The van der Waals surface area contributed by atoms with Crippen LogP contribution < -0.4 is 10.2 Å². The van der Waals surface area contributed by atoms with Gasteiger partial charge in [-0.15, -0.1) is 0 Å². The van der Waals surface area contributed by atoms with Gasteiger partial charge in [-0.1, -0.05) is 31.5 Å². The van der Waals surface area contributed by atoms with E-state index in [1.165, 1.54) is 24.1 Å². The molecule has 19 heavy (non-hydrogen) atoms. The Morgan fingerprint density at radius 3 is 2.74 bits per heavy atom. The third-order valence-electron chi connectivity index (χ3n) is 3.56. The molecule has 2 nitrogen and oxygen atoms in total. The normalized spacial score (nSPS) is 15.0. The van der Waals surface area contributed by atoms with Crippen molar-refractivity contribution in [2.45, 2.75) is 33.2 Å². The minimum Gasteiger partial charge on any atom is -0.374 e. The zero-order valence-corrected chi connectivity index (χ0v) is 13.0. The zero-order chi connectivity index (χ0) is 13.8. The summed E-state index contributed by atoms with van der Waals surface area (Å²) in [5, 5.41) is 4.34. The summed E-state index contributed by atoms with van der Waals surface area (Å²) in [5.74, 6) is 1.57. The average molecular weight is 281 g/mol. The van der Waals surface area contributed by atoms with Gasteiger partial charge in [0.1, 0.15) is 0 Å². The van der Waals surface area contributed by atoms with Gasteiger partial charge < -0.3 is 10.2 Å². The van der Waals surface area contributed by atoms with Crippen molar-refractivity contribution in [2.24, 2.45) is 11.8 Å². The van der Waals surface area contributed by atoms with E-state index in [4.69, 9.17) is 11.6 Å². The van der Waals surface area contributed by atoms with Gasteiger partial charge in [0.05, 0.1) is 0 Å². The third kappa shape index (κ3) is 4.70. The van der Waals surface area contributed by atoms with Gasteiger partial charge in [0, 0.05) is 30.8 Å². The first-order valence-corrected chi connectivity index (χ1v) is 7.64. The smallest absolute Gasteiger partial charge is 0.0426 e. The van der Waals surface area contributed by atoms with Crippen molar-refractivity contribution < 1.29 is 0 Å². The van der Waals surface area contributed by atoms with Gasteiger partial charge in [0.2, 0.25) is 0 Å². The first-order chi connectivity index (χ1) is 9.06. The van der Waals surface area contributed by atoms with Crippen molar-refractivity contribution in [3.63, 3.8) is 0 Å². The molecule has 0 bridgehead atoms. The molecular formula is C16H25ClN2. The summed E-state index contributed by atoms with van der Waals surface area (Å²) >= 11 is 6.15. The number of nitrogens with zero attached hydrogens (tertiary/aromatic N) is 1. The standard InChI is InChI=1S/C16H25ClN2/c1-12(2)9-18-10-14-6-7-15(17)8-16(14)19(3)11-13-4-5-13/h6-8,12-13,18H,4-5,9-11H2,1-3H3. The third-order valence-corrected chi connectivity index (χ3v) is 3.79. The van der Waals surface area contributed by atoms with Crippen LogP contribution in [0.1, 0.15) is 32.3 Å². The Hall–Kier alpha value is -0.730. The Bertz CT molecular complexity index is 413. The minimum atomic E-state index is 0.681. The average Bonchev–Trinajstić information content (AvgIpc) is 3.14. The maximum atomic E-state index is 6.15. The molecule has 1 fully saturated rings. The fraction of sp³-hybridized carbons (Fsp3) is 0.625. The molecule has 3 heteroatoms. The maximum absolute atomic E-state index is 6.15. The SMILES string of the molecule is CC(C)CNCc1ccc(Cl)cc1N(C)CC1CC1. The van der Waals surface area contributed by atoms with Crippen LogP contribution in [-0.2, 0) is 6.54 Å². The molecule has 0 aromatic heterocycles. The second-order valence-electron chi connectivity index (χ2n) is 6.12. The Labute approximate surface area is 122 Å². The van der Waals surface area contributed by atoms with Crippen LogP contribution in [0.4, 0.5) is 5.69 Å². The van der Waals surface area contributed by atoms with Gasteiger partial charge in [-0.3, -0.25) is 0 Å². The van der Waals surface area contributed by atoms with Gasteiger partial charge >= 0.3 is 0 Å². The van der Waals surface area contributed by atoms with E-state index in [2.05, 4.69) is 43.2 Å². The van der Waals surface area contributed by atoms with Crippen molar-refractivity contribution in [3.05, 3.63) is 28.8 Å². The number of halogens is 1. The van der Waals surface area contributed by atoms with Crippen molar-refractivity contribution in [1.29, 1.82) is 0 Å². The molecule has 1 saturated carbocycles. The Kier molecular flexibility index (Phi) is 5.12. The topological polar surface area (TPSA) is 15.3 Å². The quantitative estimate of drug-likeness (QED) is 0.814. The summed E-state index contributed by atoms with van der Waals surface area (Å²) in [7, 11) is 2.18. The van der Waals surface area contributed by atoms with E-state index in [1.807, 2.05) is 6.07 Å². The van der Waals surface area contributed by atoms with Crippen LogP contribution in [0.15, 0.2) is 18.2 Å². The van der Waals surface area contributed by atoms with Crippen LogP contribution in [-0.4, -0.2) is 20.1 Å². The van der Waals surface area contributed by atoms with Crippen molar-refractivity contribution in [2.75, 3.05) is 25.0 Å². The lowest BCUT2D eigenvalue weighted by molar-refractivity contribution is 0.552. The second kappa shape index (κ2) is 6.62. The fourth-order valence-electron chi connectivity index (χ4n) is 2.32. The number of hydrogen-bond donors (Lipinski definition) is 1. The summed E-state index contributed by atoms with van der Waals surface area (Å²) in [6.07, 6.45) is 2.76. The molecular weight excluding hydrogens is 256 g/mol. The highest BCUT2D eigenvalue weighted by Gasteiger charge is 2.23. The monoisotopic (exact) mass is 280 g/mol. The van der Waals surface area contributed by atoms with Crippen LogP contribution in [0.2, 0.25) is 5.02 Å². The number of benzene rings is 1. The Morgan fingerprint density at radius 1 is 1.37 bits per heavy atom.